The van der Waals surface area contributed by atoms with Gasteiger partial charge in [0, 0.05) is 44.8 Å². The van der Waals surface area contributed by atoms with E-state index in [4.69, 9.17) is 4.74 Å². The summed E-state index contributed by atoms with van der Waals surface area (Å²) in [5.74, 6) is -0.272. The molecule has 1 aliphatic heterocycles. The van der Waals surface area contributed by atoms with Gasteiger partial charge in [0.25, 0.3) is 5.91 Å². The molecule has 148 valence electrons. The Balaban J connectivity index is 1.77. The number of methoxy groups -OCH3 is 1. The molecule has 5 nitrogen and oxygen atoms in total. The molecule has 1 heterocycles. The van der Waals surface area contributed by atoms with E-state index < -0.39 is 0 Å². The van der Waals surface area contributed by atoms with E-state index in [-0.39, 0.29) is 23.7 Å². The first kappa shape index (κ1) is 20.1. The molecule has 3 rings (SSSR count). The molecule has 0 radical (unpaired) electrons. The molecule has 1 N–H and O–H groups in total. The fourth-order valence-electron chi connectivity index (χ4n) is 3.71. The summed E-state index contributed by atoms with van der Waals surface area (Å²) in [7, 11) is 1.65. The average molecular weight is 380 g/mol. The van der Waals surface area contributed by atoms with Crippen LogP contribution in [0.25, 0.3) is 0 Å². The van der Waals surface area contributed by atoms with Crippen LogP contribution in [0.3, 0.4) is 0 Å². The lowest BCUT2D eigenvalue weighted by Gasteiger charge is -2.18. The third-order valence-corrected chi connectivity index (χ3v) is 5.29. The van der Waals surface area contributed by atoms with Gasteiger partial charge in [0.2, 0.25) is 5.91 Å². The first-order valence-corrected chi connectivity index (χ1v) is 9.77. The number of aryl methyl sites for hydroxylation is 1. The van der Waals surface area contributed by atoms with Gasteiger partial charge in [0.1, 0.15) is 0 Å². The summed E-state index contributed by atoms with van der Waals surface area (Å²) in [5.41, 5.74) is 2.94. The molecule has 2 aromatic rings. The molecular formula is C23H28N2O3. The first-order valence-electron chi connectivity index (χ1n) is 9.77. The number of benzene rings is 2. The Hall–Kier alpha value is -2.66. The van der Waals surface area contributed by atoms with Gasteiger partial charge in [0.05, 0.1) is 5.92 Å². The molecule has 0 aromatic heterocycles. The second kappa shape index (κ2) is 9.51. The smallest absolute Gasteiger partial charge is 0.253 e. The fraction of sp³-hybridized carbons (Fsp3) is 0.391. The van der Waals surface area contributed by atoms with Crippen molar-refractivity contribution in [3.05, 3.63) is 71.3 Å². The Morgan fingerprint density at radius 1 is 1.07 bits per heavy atom. The monoisotopic (exact) mass is 380 g/mol. The van der Waals surface area contributed by atoms with E-state index in [2.05, 4.69) is 29.6 Å². The van der Waals surface area contributed by atoms with Crippen molar-refractivity contribution in [3.8, 4) is 0 Å². The maximum atomic E-state index is 12.9. The van der Waals surface area contributed by atoms with Gasteiger partial charge in [-0.25, -0.2) is 0 Å². The molecule has 2 amide bonds. The van der Waals surface area contributed by atoms with Crippen LogP contribution in [-0.4, -0.2) is 50.1 Å². The highest BCUT2D eigenvalue weighted by molar-refractivity contribution is 5.95. The Bertz CT molecular complexity index is 789. The van der Waals surface area contributed by atoms with E-state index in [1.165, 1.54) is 5.56 Å². The number of hydrogen-bond donors (Lipinski definition) is 1. The van der Waals surface area contributed by atoms with Gasteiger partial charge >= 0.3 is 0 Å². The Morgan fingerprint density at radius 2 is 1.79 bits per heavy atom. The van der Waals surface area contributed by atoms with Crippen LogP contribution in [-0.2, 0) is 9.53 Å². The number of nitrogens with zero attached hydrogens (tertiary/aromatic N) is 1. The Kier molecular flexibility index (Phi) is 6.82. The molecule has 5 heteroatoms. The number of nitrogens with one attached hydrogen (secondary N) is 1. The zero-order valence-corrected chi connectivity index (χ0v) is 16.6. The van der Waals surface area contributed by atoms with Crippen molar-refractivity contribution in [1.29, 1.82) is 0 Å². The second-order valence-corrected chi connectivity index (χ2v) is 7.34. The van der Waals surface area contributed by atoms with Crippen molar-refractivity contribution in [1.82, 2.24) is 10.2 Å². The van der Waals surface area contributed by atoms with Crippen molar-refractivity contribution in [2.24, 2.45) is 5.92 Å². The summed E-state index contributed by atoms with van der Waals surface area (Å²) in [5, 5.41) is 3.01. The molecule has 0 aliphatic carbocycles. The largest absolute Gasteiger partial charge is 0.385 e. The van der Waals surface area contributed by atoms with E-state index >= 15 is 0 Å². The molecule has 1 aliphatic rings. The topological polar surface area (TPSA) is 58.6 Å². The number of carbonyl (C=O) groups is 2. The van der Waals surface area contributed by atoms with E-state index in [0.29, 0.717) is 31.8 Å². The third-order valence-electron chi connectivity index (χ3n) is 5.29. The number of hydrogen-bond acceptors (Lipinski definition) is 3. The minimum absolute atomic E-state index is 0.00399. The summed E-state index contributed by atoms with van der Waals surface area (Å²) in [4.78, 5) is 27.6. The normalized spacial score (nSPS) is 18.9. The van der Waals surface area contributed by atoms with Crippen LogP contribution < -0.4 is 5.32 Å². The lowest BCUT2D eigenvalue weighted by Crippen LogP contribution is -2.36. The third kappa shape index (κ3) is 4.78. The van der Waals surface area contributed by atoms with Gasteiger partial charge < -0.3 is 15.0 Å². The molecule has 1 fully saturated rings. The van der Waals surface area contributed by atoms with E-state index in [0.717, 1.165) is 12.0 Å². The van der Waals surface area contributed by atoms with Gasteiger partial charge in [-0.2, -0.15) is 0 Å². The second-order valence-electron chi connectivity index (χ2n) is 7.34. The van der Waals surface area contributed by atoms with Crippen LogP contribution in [0.1, 0.15) is 33.8 Å². The zero-order chi connectivity index (χ0) is 19.9. The van der Waals surface area contributed by atoms with Gasteiger partial charge in [-0.3, -0.25) is 9.59 Å². The summed E-state index contributed by atoms with van der Waals surface area (Å²) in [6.45, 7) is 4.22. The summed E-state index contributed by atoms with van der Waals surface area (Å²) in [6, 6.07) is 17.5. The Morgan fingerprint density at radius 3 is 2.46 bits per heavy atom. The highest BCUT2D eigenvalue weighted by Crippen LogP contribution is 2.34. The number of likely N-dealkylation sites (tertiary alicyclic amines) is 1. The molecule has 0 saturated carbocycles. The van der Waals surface area contributed by atoms with Gasteiger partial charge in [0.15, 0.2) is 0 Å². The van der Waals surface area contributed by atoms with Crippen LogP contribution >= 0.6 is 0 Å². The zero-order valence-electron chi connectivity index (χ0n) is 16.6. The molecule has 0 spiro atoms. The van der Waals surface area contributed by atoms with Crippen LogP contribution in [0.2, 0.25) is 0 Å². The first-order chi connectivity index (χ1) is 13.6. The van der Waals surface area contributed by atoms with Crippen molar-refractivity contribution in [3.63, 3.8) is 0 Å². The summed E-state index contributed by atoms with van der Waals surface area (Å²) in [6.07, 6.45) is 0.775. The lowest BCUT2D eigenvalue weighted by molar-refractivity contribution is -0.124. The number of carbonyl (C=O) groups excluding carboxylic acids is 2. The van der Waals surface area contributed by atoms with Crippen molar-refractivity contribution in [2.45, 2.75) is 19.3 Å². The van der Waals surface area contributed by atoms with E-state index in [9.17, 15) is 9.59 Å². The molecule has 28 heavy (non-hydrogen) atoms. The maximum absolute atomic E-state index is 12.9. The summed E-state index contributed by atoms with van der Waals surface area (Å²) < 4.78 is 5.04. The minimum atomic E-state index is -0.252. The van der Waals surface area contributed by atoms with E-state index in [1.807, 2.05) is 37.3 Å². The number of amides is 2. The van der Waals surface area contributed by atoms with Gasteiger partial charge in [-0.15, -0.1) is 0 Å². The number of rotatable bonds is 7. The highest BCUT2D eigenvalue weighted by atomic mass is 16.5. The van der Waals surface area contributed by atoms with Crippen LogP contribution in [0.15, 0.2) is 54.6 Å². The Labute approximate surface area is 166 Å². The van der Waals surface area contributed by atoms with Crippen LogP contribution in [0.4, 0.5) is 0 Å². The van der Waals surface area contributed by atoms with Crippen molar-refractivity contribution < 1.29 is 14.3 Å². The quantitative estimate of drug-likeness (QED) is 0.751. The number of ether oxygens (including phenoxy) is 1. The molecule has 2 atom stereocenters. The van der Waals surface area contributed by atoms with E-state index in [1.54, 1.807) is 12.0 Å². The molecule has 2 aromatic carbocycles. The predicted molar refractivity (Wildman–Crippen MR) is 109 cm³/mol. The molecule has 0 bridgehead atoms. The van der Waals surface area contributed by atoms with Crippen LogP contribution in [0, 0.1) is 12.8 Å². The van der Waals surface area contributed by atoms with Gasteiger partial charge in [-0.1, -0.05) is 48.0 Å². The molecule has 0 unspecified atom stereocenters. The molecule has 1 saturated heterocycles. The average Bonchev–Trinajstić information content (AvgIpc) is 3.17. The van der Waals surface area contributed by atoms with Crippen LogP contribution in [0.5, 0.6) is 0 Å². The van der Waals surface area contributed by atoms with Gasteiger partial charge in [-0.05, 0) is 31.0 Å². The standard InChI is InChI=1S/C23H28N2O3/c1-17-9-11-18(12-10-17)20-15-25(23(27)19-7-4-3-5-8-19)16-21(20)22(26)24-13-6-14-28-2/h3-5,7-12,20-21H,6,13-16H2,1-2H3,(H,24,26)/t20-,21+/m1/s1. The highest BCUT2D eigenvalue weighted by Gasteiger charge is 2.40. The lowest BCUT2D eigenvalue weighted by atomic mass is 9.88. The predicted octanol–water partition coefficient (Wildman–Crippen LogP) is 3.00. The minimum Gasteiger partial charge on any atom is -0.385 e. The van der Waals surface area contributed by atoms with Crippen molar-refractivity contribution >= 4 is 11.8 Å². The summed E-state index contributed by atoms with van der Waals surface area (Å²) >= 11 is 0. The van der Waals surface area contributed by atoms with Crippen molar-refractivity contribution in [2.75, 3.05) is 33.4 Å². The fourth-order valence-corrected chi connectivity index (χ4v) is 3.71. The maximum Gasteiger partial charge on any atom is 0.253 e. The molecular weight excluding hydrogens is 352 g/mol. The SMILES string of the molecule is COCCCNC(=O)[C@H]1CN(C(=O)c2ccccc2)C[C@@H]1c1ccc(C)cc1.